The molecule has 5 heteroatoms. The Bertz CT molecular complexity index is 470. The van der Waals surface area contributed by atoms with E-state index >= 15 is 0 Å². The van der Waals surface area contributed by atoms with Gasteiger partial charge in [-0.05, 0) is 19.1 Å². The normalized spacial score (nSPS) is 10.4. The Morgan fingerprint density at radius 2 is 2.38 bits per heavy atom. The molecule has 0 aliphatic carbocycles. The number of hydrogen-bond acceptors (Lipinski definition) is 4. The summed E-state index contributed by atoms with van der Waals surface area (Å²) in [5.74, 6) is -0.0218. The minimum absolute atomic E-state index is 0.300. The first-order chi connectivity index (χ1) is 7.75. The largest absolute Gasteiger partial charge is 0.367 e. The molecule has 0 aromatic carbocycles. The number of nitrogens with one attached hydrogen (secondary N) is 1. The fourth-order valence-corrected chi connectivity index (χ4v) is 1.99. The molecule has 0 aliphatic heterocycles. The van der Waals surface area contributed by atoms with Crippen LogP contribution in [0.2, 0.25) is 0 Å². The standard InChI is InChI=1S/C11H12FN3S/c1-8-15-9(7-16-8)4-6-14-11-10(12)3-2-5-13-11/h2-3,5,7H,4,6H2,1H3,(H,13,14). The molecule has 0 saturated carbocycles. The maximum Gasteiger partial charge on any atom is 0.165 e. The maximum atomic E-state index is 13.2. The van der Waals surface area contributed by atoms with Crippen molar-refractivity contribution in [3.05, 3.63) is 40.2 Å². The molecule has 2 rings (SSSR count). The molecular weight excluding hydrogens is 225 g/mol. The highest BCUT2D eigenvalue weighted by Gasteiger charge is 2.02. The molecule has 0 atom stereocenters. The zero-order valence-corrected chi connectivity index (χ0v) is 9.72. The summed E-state index contributed by atoms with van der Waals surface area (Å²) in [6.07, 6.45) is 2.35. The van der Waals surface area contributed by atoms with Crippen molar-refractivity contribution in [1.82, 2.24) is 9.97 Å². The quantitative estimate of drug-likeness (QED) is 0.888. The lowest BCUT2D eigenvalue weighted by Crippen LogP contribution is -2.07. The van der Waals surface area contributed by atoms with E-state index in [9.17, 15) is 4.39 Å². The van der Waals surface area contributed by atoms with Crippen LogP contribution >= 0.6 is 11.3 Å². The molecule has 3 nitrogen and oxygen atoms in total. The van der Waals surface area contributed by atoms with Gasteiger partial charge < -0.3 is 5.32 Å². The highest BCUT2D eigenvalue weighted by Crippen LogP contribution is 2.10. The van der Waals surface area contributed by atoms with Crippen molar-refractivity contribution in [2.24, 2.45) is 0 Å². The Kier molecular flexibility index (Phi) is 3.46. The van der Waals surface area contributed by atoms with E-state index in [1.54, 1.807) is 23.6 Å². The first-order valence-electron chi connectivity index (χ1n) is 5.01. The molecule has 2 heterocycles. The van der Waals surface area contributed by atoms with Crippen LogP contribution in [0.15, 0.2) is 23.7 Å². The Hall–Kier alpha value is -1.49. The third-order valence-electron chi connectivity index (χ3n) is 2.10. The first kappa shape index (κ1) is 11.0. The monoisotopic (exact) mass is 237 g/mol. The molecule has 0 unspecified atom stereocenters. The molecule has 0 amide bonds. The van der Waals surface area contributed by atoms with Gasteiger partial charge in [-0.25, -0.2) is 14.4 Å². The van der Waals surface area contributed by atoms with Gasteiger partial charge in [0.1, 0.15) is 0 Å². The molecule has 16 heavy (non-hydrogen) atoms. The fraction of sp³-hybridized carbons (Fsp3) is 0.273. The van der Waals surface area contributed by atoms with Crippen LogP contribution in [0.1, 0.15) is 10.7 Å². The van der Waals surface area contributed by atoms with Crippen LogP contribution in [0.5, 0.6) is 0 Å². The van der Waals surface area contributed by atoms with Crippen LogP contribution < -0.4 is 5.32 Å². The van der Waals surface area contributed by atoms with Gasteiger partial charge in [0.05, 0.1) is 10.7 Å². The lowest BCUT2D eigenvalue weighted by molar-refractivity contribution is 0.624. The highest BCUT2D eigenvalue weighted by atomic mass is 32.1. The number of pyridine rings is 1. The second-order valence-electron chi connectivity index (χ2n) is 3.37. The smallest absolute Gasteiger partial charge is 0.165 e. The summed E-state index contributed by atoms with van der Waals surface area (Å²) in [6.45, 7) is 2.61. The minimum atomic E-state index is -0.322. The van der Waals surface area contributed by atoms with Gasteiger partial charge in [0.15, 0.2) is 11.6 Å². The van der Waals surface area contributed by atoms with Crippen LogP contribution in [-0.4, -0.2) is 16.5 Å². The van der Waals surface area contributed by atoms with Crippen molar-refractivity contribution in [3.8, 4) is 0 Å². The molecule has 2 aromatic rings. The number of halogens is 1. The van der Waals surface area contributed by atoms with E-state index in [4.69, 9.17) is 0 Å². The van der Waals surface area contributed by atoms with E-state index in [2.05, 4.69) is 15.3 Å². The van der Waals surface area contributed by atoms with Gasteiger partial charge in [0.25, 0.3) is 0 Å². The molecule has 0 fully saturated rings. The molecule has 0 radical (unpaired) electrons. The number of anilines is 1. The number of thiazole rings is 1. The molecule has 0 aliphatic rings. The lowest BCUT2D eigenvalue weighted by atomic mass is 10.3. The number of aryl methyl sites for hydroxylation is 1. The minimum Gasteiger partial charge on any atom is -0.367 e. The average Bonchev–Trinajstić information content (AvgIpc) is 2.67. The fourth-order valence-electron chi connectivity index (χ4n) is 1.35. The van der Waals surface area contributed by atoms with E-state index in [0.717, 1.165) is 17.1 Å². The third kappa shape index (κ3) is 2.76. The Labute approximate surface area is 97.4 Å². The average molecular weight is 237 g/mol. The summed E-state index contributed by atoms with van der Waals surface area (Å²) in [4.78, 5) is 8.24. The summed E-state index contributed by atoms with van der Waals surface area (Å²) in [7, 11) is 0. The number of aromatic nitrogens is 2. The van der Waals surface area contributed by atoms with Crippen molar-refractivity contribution in [3.63, 3.8) is 0 Å². The van der Waals surface area contributed by atoms with Gasteiger partial charge in [-0.15, -0.1) is 11.3 Å². The van der Waals surface area contributed by atoms with Crippen molar-refractivity contribution < 1.29 is 4.39 Å². The molecule has 0 saturated heterocycles. The predicted molar refractivity (Wildman–Crippen MR) is 63.2 cm³/mol. The third-order valence-corrected chi connectivity index (χ3v) is 2.92. The maximum absolute atomic E-state index is 13.2. The summed E-state index contributed by atoms with van der Waals surface area (Å²) < 4.78 is 13.2. The topological polar surface area (TPSA) is 37.8 Å². The van der Waals surface area contributed by atoms with Crippen LogP contribution in [0.4, 0.5) is 10.2 Å². The van der Waals surface area contributed by atoms with E-state index < -0.39 is 0 Å². The number of rotatable bonds is 4. The van der Waals surface area contributed by atoms with Crippen LogP contribution in [0.3, 0.4) is 0 Å². The second kappa shape index (κ2) is 5.03. The summed E-state index contributed by atoms with van der Waals surface area (Å²) in [5.41, 5.74) is 1.03. The first-order valence-corrected chi connectivity index (χ1v) is 5.89. The molecule has 0 spiro atoms. The summed E-state index contributed by atoms with van der Waals surface area (Å²) in [6, 6.07) is 2.96. The van der Waals surface area contributed by atoms with Crippen LogP contribution in [0.25, 0.3) is 0 Å². The van der Waals surface area contributed by atoms with E-state index in [0.29, 0.717) is 12.4 Å². The SMILES string of the molecule is Cc1nc(CCNc2ncccc2F)cs1. The van der Waals surface area contributed by atoms with Gasteiger partial charge in [-0.3, -0.25) is 0 Å². The Morgan fingerprint density at radius 3 is 3.06 bits per heavy atom. The van der Waals surface area contributed by atoms with Crippen LogP contribution in [0, 0.1) is 12.7 Å². The molecule has 1 N–H and O–H groups in total. The summed E-state index contributed by atoms with van der Waals surface area (Å²) in [5, 5.41) is 6.02. The number of hydrogen-bond donors (Lipinski definition) is 1. The van der Waals surface area contributed by atoms with Gasteiger partial charge in [-0.1, -0.05) is 0 Å². The lowest BCUT2D eigenvalue weighted by Gasteiger charge is -2.04. The molecule has 2 aromatic heterocycles. The summed E-state index contributed by atoms with van der Waals surface area (Å²) >= 11 is 1.63. The van der Waals surface area contributed by atoms with Gasteiger partial charge in [0, 0.05) is 24.5 Å². The number of nitrogens with zero attached hydrogens (tertiary/aromatic N) is 2. The molecule has 0 bridgehead atoms. The van der Waals surface area contributed by atoms with Gasteiger partial charge >= 0.3 is 0 Å². The zero-order valence-electron chi connectivity index (χ0n) is 8.90. The van der Waals surface area contributed by atoms with Gasteiger partial charge in [0.2, 0.25) is 0 Å². The van der Waals surface area contributed by atoms with Crippen molar-refractivity contribution in [2.75, 3.05) is 11.9 Å². The van der Waals surface area contributed by atoms with E-state index in [1.165, 1.54) is 6.07 Å². The van der Waals surface area contributed by atoms with Crippen molar-refractivity contribution in [2.45, 2.75) is 13.3 Å². The Morgan fingerprint density at radius 1 is 1.50 bits per heavy atom. The molecular formula is C11H12FN3S. The van der Waals surface area contributed by atoms with Crippen molar-refractivity contribution in [1.29, 1.82) is 0 Å². The van der Waals surface area contributed by atoms with Crippen molar-refractivity contribution >= 4 is 17.2 Å². The van der Waals surface area contributed by atoms with E-state index in [-0.39, 0.29) is 5.82 Å². The zero-order chi connectivity index (χ0) is 11.4. The predicted octanol–water partition coefficient (Wildman–Crippen LogP) is 2.64. The molecule has 84 valence electrons. The van der Waals surface area contributed by atoms with Gasteiger partial charge in [-0.2, -0.15) is 0 Å². The van der Waals surface area contributed by atoms with Crippen LogP contribution in [-0.2, 0) is 6.42 Å². The Balaban J connectivity index is 1.87. The highest BCUT2D eigenvalue weighted by molar-refractivity contribution is 7.09. The second-order valence-corrected chi connectivity index (χ2v) is 4.43. The van der Waals surface area contributed by atoms with E-state index in [1.807, 2.05) is 12.3 Å².